The molecule has 0 saturated heterocycles. The van der Waals surface area contributed by atoms with E-state index in [2.05, 4.69) is 15.4 Å². The number of fused-ring (bicyclic) bond motifs is 1. The van der Waals surface area contributed by atoms with Crippen molar-refractivity contribution in [3.8, 4) is 5.75 Å². The summed E-state index contributed by atoms with van der Waals surface area (Å²) in [5.41, 5.74) is 3.04. The van der Waals surface area contributed by atoms with Crippen LogP contribution in [0.15, 0.2) is 36.5 Å². The molecule has 1 atom stereocenters. The number of nitrogens with zero attached hydrogens (tertiary/aromatic N) is 3. The molecule has 0 saturated carbocycles. The standard InChI is InChI=1S/C20H24N4O2/c1-12(2)24-19-17(11-21-24)16(10-13(3)22-19)20(25)23-14(4)15-8-6-7-9-18(15)26-5/h6-12,14H,1-5H3,(H,23,25)/t14-/m1/s1. The van der Waals surface area contributed by atoms with Crippen LogP contribution < -0.4 is 10.1 Å². The molecule has 2 aromatic heterocycles. The molecule has 0 aliphatic heterocycles. The van der Waals surface area contributed by atoms with Crippen molar-refractivity contribution >= 4 is 16.9 Å². The van der Waals surface area contributed by atoms with Crippen molar-refractivity contribution in [1.82, 2.24) is 20.1 Å². The van der Waals surface area contributed by atoms with Crippen LogP contribution in [0.25, 0.3) is 11.0 Å². The molecule has 2 heterocycles. The van der Waals surface area contributed by atoms with Gasteiger partial charge in [0, 0.05) is 17.3 Å². The molecule has 0 bridgehead atoms. The van der Waals surface area contributed by atoms with Gasteiger partial charge >= 0.3 is 0 Å². The molecular weight excluding hydrogens is 328 g/mol. The number of pyridine rings is 1. The first-order valence-electron chi connectivity index (χ1n) is 8.71. The van der Waals surface area contributed by atoms with Gasteiger partial charge in [-0.25, -0.2) is 9.67 Å². The Morgan fingerprint density at radius 1 is 1.23 bits per heavy atom. The summed E-state index contributed by atoms with van der Waals surface area (Å²) in [5, 5.41) is 8.22. The van der Waals surface area contributed by atoms with Gasteiger partial charge in [-0.15, -0.1) is 0 Å². The van der Waals surface area contributed by atoms with Crippen molar-refractivity contribution in [2.24, 2.45) is 0 Å². The molecular formula is C20H24N4O2. The molecule has 3 aromatic rings. The number of hydrogen-bond donors (Lipinski definition) is 1. The second kappa shape index (κ2) is 7.15. The zero-order chi connectivity index (χ0) is 18.8. The molecule has 136 valence electrons. The first kappa shape index (κ1) is 17.9. The third-order valence-corrected chi connectivity index (χ3v) is 4.38. The summed E-state index contributed by atoms with van der Waals surface area (Å²) in [6, 6.07) is 9.47. The van der Waals surface area contributed by atoms with Crippen LogP contribution in [0.4, 0.5) is 0 Å². The van der Waals surface area contributed by atoms with Crippen molar-refractivity contribution < 1.29 is 9.53 Å². The number of rotatable bonds is 5. The van der Waals surface area contributed by atoms with E-state index in [0.717, 1.165) is 28.0 Å². The van der Waals surface area contributed by atoms with Crippen molar-refractivity contribution in [1.29, 1.82) is 0 Å². The van der Waals surface area contributed by atoms with Gasteiger partial charge in [0.25, 0.3) is 5.91 Å². The second-order valence-corrected chi connectivity index (χ2v) is 6.67. The molecule has 26 heavy (non-hydrogen) atoms. The number of para-hydroxylation sites is 1. The van der Waals surface area contributed by atoms with E-state index in [4.69, 9.17) is 4.74 Å². The van der Waals surface area contributed by atoms with Crippen molar-refractivity contribution in [3.05, 3.63) is 53.3 Å². The number of ether oxygens (including phenoxy) is 1. The zero-order valence-electron chi connectivity index (χ0n) is 15.8. The molecule has 3 rings (SSSR count). The fourth-order valence-corrected chi connectivity index (χ4v) is 3.09. The van der Waals surface area contributed by atoms with Crippen LogP contribution in [-0.2, 0) is 0 Å². The molecule has 6 nitrogen and oxygen atoms in total. The number of aryl methyl sites for hydroxylation is 1. The van der Waals surface area contributed by atoms with Crippen LogP contribution >= 0.6 is 0 Å². The highest BCUT2D eigenvalue weighted by Gasteiger charge is 2.19. The fraction of sp³-hybridized carbons (Fsp3) is 0.350. The Kier molecular flexibility index (Phi) is 4.93. The molecule has 1 aromatic carbocycles. The minimum atomic E-state index is -0.192. The number of carbonyl (C=O) groups is 1. The van der Waals surface area contributed by atoms with Crippen molar-refractivity contribution in [2.45, 2.75) is 39.8 Å². The average molecular weight is 352 g/mol. The lowest BCUT2D eigenvalue weighted by molar-refractivity contribution is 0.0941. The highest BCUT2D eigenvalue weighted by molar-refractivity contribution is 6.05. The largest absolute Gasteiger partial charge is 0.496 e. The molecule has 1 amide bonds. The number of benzene rings is 1. The van der Waals surface area contributed by atoms with E-state index in [1.54, 1.807) is 19.4 Å². The zero-order valence-corrected chi connectivity index (χ0v) is 15.8. The van der Waals surface area contributed by atoms with Gasteiger partial charge in [-0.1, -0.05) is 18.2 Å². The van der Waals surface area contributed by atoms with E-state index in [0.29, 0.717) is 5.56 Å². The summed E-state index contributed by atoms with van der Waals surface area (Å²) in [7, 11) is 1.63. The first-order chi connectivity index (χ1) is 12.4. The van der Waals surface area contributed by atoms with E-state index in [9.17, 15) is 4.79 Å². The minimum Gasteiger partial charge on any atom is -0.496 e. The number of aromatic nitrogens is 3. The van der Waals surface area contributed by atoms with Crippen LogP contribution in [0, 0.1) is 6.92 Å². The molecule has 0 unspecified atom stereocenters. The number of carbonyl (C=O) groups excluding carboxylic acids is 1. The van der Waals surface area contributed by atoms with Crippen molar-refractivity contribution in [3.63, 3.8) is 0 Å². The molecule has 0 aliphatic carbocycles. The summed E-state index contributed by atoms with van der Waals surface area (Å²) in [4.78, 5) is 17.5. The number of hydrogen-bond acceptors (Lipinski definition) is 4. The summed E-state index contributed by atoms with van der Waals surface area (Å²) >= 11 is 0. The smallest absolute Gasteiger partial charge is 0.252 e. The highest BCUT2D eigenvalue weighted by atomic mass is 16.5. The summed E-state index contributed by atoms with van der Waals surface area (Å²) in [6.45, 7) is 7.91. The van der Waals surface area contributed by atoms with Gasteiger partial charge in [-0.05, 0) is 39.8 Å². The predicted octanol–water partition coefficient (Wildman–Crippen LogP) is 3.82. The molecule has 1 N–H and O–H groups in total. The van der Waals surface area contributed by atoms with Gasteiger partial charge in [0.05, 0.1) is 30.3 Å². The average Bonchev–Trinajstić information content (AvgIpc) is 3.04. The van der Waals surface area contributed by atoms with Crippen LogP contribution in [0.5, 0.6) is 5.75 Å². The van der Waals surface area contributed by atoms with Gasteiger partial charge in [0.15, 0.2) is 5.65 Å². The highest BCUT2D eigenvalue weighted by Crippen LogP contribution is 2.26. The lowest BCUT2D eigenvalue weighted by atomic mass is 10.1. The Balaban J connectivity index is 1.95. The minimum absolute atomic E-state index is 0.151. The lowest BCUT2D eigenvalue weighted by Crippen LogP contribution is -2.27. The number of methoxy groups -OCH3 is 1. The molecule has 0 fully saturated rings. The van der Waals surface area contributed by atoms with Crippen LogP contribution in [-0.4, -0.2) is 27.8 Å². The van der Waals surface area contributed by atoms with Gasteiger partial charge in [0.2, 0.25) is 0 Å². The summed E-state index contributed by atoms with van der Waals surface area (Å²) < 4.78 is 7.23. The lowest BCUT2D eigenvalue weighted by Gasteiger charge is -2.17. The Bertz CT molecular complexity index is 946. The summed E-state index contributed by atoms with van der Waals surface area (Å²) in [5.74, 6) is 0.603. The fourth-order valence-electron chi connectivity index (χ4n) is 3.09. The van der Waals surface area contributed by atoms with E-state index in [-0.39, 0.29) is 18.0 Å². The molecule has 0 spiro atoms. The Morgan fingerprint density at radius 3 is 2.65 bits per heavy atom. The van der Waals surface area contributed by atoms with E-state index >= 15 is 0 Å². The van der Waals surface area contributed by atoms with Crippen molar-refractivity contribution in [2.75, 3.05) is 7.11 Å². The number of amides is 1. The monoisotopic (exact) mass is 352 g/mol. The predicted molar refractivity (Wildman–Crippen MR) is 102 cm³/mol. The van der Waals surface area contributed by atoms with Gasteiger partial charge in [-0.3, -0.25) is 4.79 Å². The number of nitrogens with one attached hydrogen (secondary N) is 1. The van der Waals surface area contributed by atoms with Gasteiger partial charge < -0.3 is 10.1 Å². The maximum atomic E-state index is 13.0. The van der Waals surface area contributed by atoms with E-state index in [1.807, 2.05) is 56.6 Å². The van der Waals surface area contributed by atoms with Gasteiger partial charge in [-0.2, -0.15) is 5.10 Å². The Labute approximate surface area is 153 Å². The van der Waals surface area contributed by atoms with E-state index < -0.39 is 0 Å². The topological polar surface area (TPSA) is 69.0 Å². The SMILES string of the molecule is COc1ccccc1[C@@H](C)NC(=O)c1cc(C)nc2c1cnn2C(C)C. The molecule has 0 radical (unpaired) electrons. The first-order valence-corrected chi connectivity index (χ1v) is 8.71. The molecule has 0 aliphatic rings. The second-order valence-electron chi connectivity index (χ2n) is 6.67. The summed E-state index contributed by atoms with van der Waals surface area (Å²) in [6.07, 6.45) is 1.71. The van der Waals surface area contributed by atoms with Crippen LogP contribution in [0.1, 0.15) is 54.5 Å². The molecule has 6 heteroatoms. The van der Waals surface area contributed by atoms with Crippen LogP contribution in [0.3, 0.4) is 0 Å². The third kappa shape index (κ3) is 3.27. The normalized spacial score (nSPS) is 12.4. The Hall–Kier alpha value is -2.89. The maximum absolute atomic E-state index is 13.0. The third-order valence-electron chi connectivity index (χ3n) is 4.38. The quantitative estimate of drug-likeness (QED) is 0.758. The van der Waals surface area contributed by atoms with E-state index in [1.165, 1.54) is 0 Å². The van der Waals surface area contributed by atoms with Gasteiger partial charge in [0.1, 0.15) is 5.75 Å². The van der Waals surface area contributed by atoms with Crippen LogP contribution in [0.2, 0.25) is 0 Å². The maximum Gasteiger partial charge on any atom is 0.252 e. The Morgan fingerprint density at radius 2 is 1.96 bits per heavy atom.